The van der Waals surface area contributed by atoms with Crippen LogP contribution in [0.2, 0.25) is 5.02 Å². The molecule has 2 heterocycles. The summed E-state index contributed by atoms with van der Waals surface area (Å²) in [5.74, 6) is 0.270. The van der Waals surface area contributed by atoms with Crippen molar-refractivity contribution >= 4 is 17.5 Å². The maximum absolute atomic E-state index is 12.8. The molecule has 1 unspecified atom stereocenters. The smallest absolute Gasteiger partial charge is 0.256 e. The van der Waals surface area contributed by atoms with E-state index in [1.807, 2.05) is 29.2 Å². The minimum atomic E-state index is -0.144. The number of hydrogen-bond donors (Lipinski definition) is 0. The first-order valence-electron chi connectivity index (χ1n) is 9.01. The molecule has 0 aliphatic carbocycles. The van der Waals surface area contributed by atoms with Crippen LogP contribution >= 0.6 is 11.6 Å². The van der Waals surface area contributed by atoms with Gasteiger partial charge in [-0.1, -0.05) is 30.2 Å². The molecule has 6 heteroatoms. The van der Waals surface area contributed by atoms with Gasteiger partial charge in [0.1, 0.15) is 6.54 Å². The molecular formula is C20H24ClN3O2. The van der Waals surface area contributed by atoms with Gasteiger partial charge in [-0.25, -0.2) is 4.98 Å². The number of amides is 1. The van der Waals surface area contributed by atoms with Gasteiger partial charge in [-0.2, -0.15) is 0 Å². The fraction of sp³-hybridized carbons (Fsp3) is 0.450. The van der Waals surface area contributed by atoms with Crippen molar-refractivity contribution < 1.29 is 4.79 Å². The lowest BCUT2D eigenvalue weighted by Gasteiger charge is -2.25. The summed E-state index contributed by atoms with van der Waals surface area (Å²) in [6, 6.07) is 7.87. The van der Waals surface area contributed by atoms with Gasteiger partial charge in [0.25, 0.3) is 5.56 Å². The molecule has 0 radical (unpaired) electrons. The highest BCUT2D eigenvalue weighted by Gasteiger charge is 2.23. The van der Waals surface area contributed by atoms with Gasteiger partial charge in [0, 0.05) is 35.3 Å². The van der Waals surface area contributed by atoms with E-state index in [0.717, 1.165) is 30.8 Å². The first kappa shape index (κ1) is 18.6. The number of nitrogens with zero attached hydrogens (tertiary/aromatic N) is 3. The molecule has 0 N–H and O–H groups in total. The molecule has 1 atom stereocenters. The van der Waals surface area contributed by atoms with Crippen molar-refractivity contribution in [2.75, 3.05) is 13.1 Å². The Labute approximate surface area is 158 Å². The zero-order valence-corrected chi connectivity index (χ0v) is 16.0. The Balaban J connectivity index is 1.75. The predicted octanol–water partition coefficient (Wildman–Crippen LogP) is 3.31. The van der Waals surface area contributed by atoms with Gasteiger partial charge in [0.2, 0.25) is 5.91 Å². The second kappa shape index (κ2) is 8.04. The van der Waals surface area contributed by atoms with Gasteiger partial charge >= 0.3 is 0 Å². The topological polar surface area (TPSA) is 55.2 Å². The van der Waals surface area contributed by atoms with Crippen LogP contribution in [0.15, 0.2) is 35.4 Å². The third kappa shape index (κ3) is 4.15. The van der Waals surface area contributed by atoms with Gasteiger partial charge in [-0.15, -0.1) is 0 Å². The van der Waals surface area contributed by atoms with Crippen molar-refractivity contribution in [3.8, 4) is 0 Å². The van der Waals surface area contributed by atoms with E-state index in [2.05, 4.69) is 4.98 Å². The number of rotatable bonds is 3. The van der Waals surface area contributed by atoms with Crippen molar-refractivity contribution in [3.63, 3.8) is 0 Å². The Morgan fingerprint density at radius 2 is 1.96 bits per heavy atom. The van der Waals surface area contributed by atoms with Crippen molar-refractivity contribution in [2.45, 2.75) is 45.6 Å². The fourth-order valence-electron chi connectivity index (χ4n) is 3.41. The molecule has 1 aromatic heterocycles. The number of halogens is 1. The molecule has 0 spiro atoms. The Hall–Kier alpha value is -2.14. The van der Waals surface area contributed by atoms with Crippen LogP contribution in [-0.2, 0) is 11.3 Å². The van der Waals surface area contributed by atoms with E-state index in [0.29, 0.717) is 23.7 Å². The fourth-order valence-corrected chi connectivity index (χ4v) is 3.54. The number of likely N-dealkylation sites (tertiary alicyclic amines) is 1. The van der Waals surface area contributed by atoms with Crippen molar-refractivity contribution in [2.24, 2.45) is 0 Å². The first-order valence-corrected chi connectivity index (χ1v) is 9.39. The Bertz CT molecular complexity index is 845. The standard InChI is InChI=1S/C20H24ClN3O2/c1-14-15(2)22-13-24(20(14)26)12-19(25)23-10-4-3-5-17(11-23)16-6-8-18(21)9-7-16/h6-9,13,17H,3-5,10-12H2,1-2H3. The lowest BCUT2D eigenvalue weighted by atomic mass is 9.94. The quantitative estimate of drug-likeness (QED) is 0.829. The van der Waals surface area contributed by atoms with E-state index in [1.165, 1.54) is 16.5 Å². The largest absolute Gasteiger partial charge is 0.341 e. The number of aryl methyl sites for hydroxylation is 1. The number of benzene rings is 1. The Morgan fingerprint density at radius 1 is 1.23 bits per heavy atom. The Morgan fingerprint density at radius 3 is 2.69 bits per heavy atom. The van der Waals surface area contributed by atoms with E-state index >= 15 is 0 Å². The SMILES string of the molecule is Cc1ncn(CC(=O)N2CCCCC(c3ccc(Cl)cc3)C2)c(=O)c1C. The maximum Gasteiger partial charge on any atom is 0.256 e. The normalized spacial score (nSPS) is 17.8. The summed E-state index contributed by atoms with van der Waals surface area (Å²) in [4.78, 5) is 31.2. The van der Waals surface area contributed by atoms with Gasteiger partial charge in [0.05, 0.1) is 6.33 Å². The van der Waals surface area contributed by atoms with E-state index in [4.69, 9.17) is 11.6 Å². The molecule has 138 valence electrons. The average molecular weight is 374 g/mol. The van der Waals surface area contributed by atoms with Crippen molar-refractivity contribution in [1.29, 1.82) is 0 Å². The number of hydrogen-bond acceptors (Lipinski definition) is 3. The summed E-state index contributed by atoms with van der Waals surface area (Å²) in [7, 11) is 0. The summed E-state index contributed by atoms with van der Waals surface area (Å²) >= 11 is 5.99. The molecule has 5 nitrogen and oxygen atoms in total. The van der Waals surface area contributed by atoms with E-state index in [-0.39, 0.29) is 18.0 Å². The molecule has 0 saturated carbocycles. The van der Waals surface area contributed by atoms with E-state index in [9.17, 15) is 9.59 Å². The molecule has 1 aliphatic rings. The molecule has 3 rings (SSSR count). The molecule has 2 aromatic rings. The third-order valence-electron chi connectivity index (χ3n) is 5.19. The van der Waals surface area contributed by atoms with Crippen LogP contribution in [0.5, 0.6) is 0 Å². The summed E-state index contributed by atoms with van der Waals surface area (Å²) in [5.41, 5.74) is 2.36. The number of carbonyl (C=O) groups is 1. The molecule has 1 fully saturated rings. The van der Waals surface area contributed by atoms with Gasteiger partial charge < -0.3 is 4.90 Å². The van der Waals surface area contributed by atoms with Gasteiger partial charge in [0.15, 0.2) is 0 Å². The minimum Gasteiger partial charge on any atom is -0.341 e. The van der Waals surface area contributed by atoms with Gasteiger partial charge in [-0.3, -0.25) is 14.2 Å². The zero-order chi connectivity index (χ0) is 18.7. The second-order valence-electron chi connectivity index (χ2n) is 6.97. The lowest BCUT2D eigenvalue weighted by molar-refractivity contribution is -0.132. The Kier molecular flexibility index (Phi) is 5.77. The molecule has 1 aromatic carbocycles. The second-order valence-corrected chi connectivity index (χ2v) is 7.41. The zero-order valence-electron chi connectivity index (χ0n) is 15.2. The van der Waals surface area contributed by atoms with Crippen LogP contribution in [-0.4, -0.2) is 33.4 Å². The molecular weight excluding hydrogens is 350 g/mol. The highest BCUT2D eigenvalue weighted by Crippen LogP contribution is 2.27. The van der Waals surface area contributed by atoms with Crippen molar-refractivity contribution in [1.82, 2.24) is 14.5 Å². The number of carbonyl (C=O) groups excluding carboxylic acids is 1. The van der Waals surface area contributed by atoms with Crippen LogP contribution in [0.4, 0.5) is 0 Å². The monoisotopic (exact) mass is 373 g/mol. The molecule has 0 bridgehead atoms. The number of aromatic nitrogens is 2. The van der Waals surface area contributed by atoms with Crippen LogP contribution in [0.3, 0.4) is 0 Å². The molecule has 1 amide bonds. The summed E-state index contributed by atoms with van der Waals surface area (Å²) in [5, 5.41) is 0.719. The highest BCUT2D eigenvalue weighted by molar-refractivity contribution is 6.30. The first-order chi connectivity index (χ1) is 12.5. The highest BCUT2D eigenvalue weighted by atomic mass is 35.5. The van der Waals surface area contributed by atoms with E-state index in [1.54, 1.807) is 13.8 Å². The molecule has 26 heavy (non-hydrogen) atoms. The van der Waals surface area contributed by atoms with Crippen molar-refractivity contribution in [3.05, 3.63) is 62.8 Å². The van der Waals surface area contributed by atoms with Crippen LogP contribution in [0, 0.1) is 13.8 Å². The minimum absolute atomic E-state index is 0.0296. The van der Waals surface area contributed by atoms with Crippen LogP contribution in [0.25, 0.3) is 0 Å². The maximum atomic E-state index is 12.8. The van der Waals surface area contributed by atoms with Gasteiger partial charge in [-0.05, 0) is 44.4 Å². The summed E-state index contributed by atoms with van der Waals surface area (Å²) in [6.07, 6.45) is 4.59. The predicted molar refractivity (Wildman–Crippen MR) is 103 cm³/mol. The summed E-state index contributed by atoms with van der Waals surface area (Å²) < 4.78 is 1.41. The van der Waals surface area contributed by atoms with Crippen LogP contribution < -0.4 is 5.56 Å². The van der Waals surface area contributed by atoms with E-state index < -0.39 is 0 Å². The third-order valence-corrected chi connectivity index (χ3v) is 5.44. The average Bonchev–Trinajstić information content (AvgIpc) is 2.89. The lowest BCUT2D eigenvalue weighted by Crippen LogP contribution is -2.39. The molecule has 1 aliphatic heterocycles. The summed E-state index contributed by atoms with van der Waals surface area (Å²) in [6.45, 7) is 4.99. The molecule has 1 saturated heterocycles. The van der Waals surface area contributed by atoms with Crippen LogP contribution in [0.1, 0.15) is 42.0 Å².